The number of nitrogens with zero attached hydrogens (tertiary/aromatic N) is 3. The highest BCUT2D eigenvalue weighted by Gasteiger charge is 2.22. The van der Waals surface area contributed by atoms with E-state index in [1.807, 2.05) is 31.2 Å². The van der Waals surface area contributed by atoms with Crippen LogP contribution < -0.4 is 0 Å². The highest BCUT2D eigenvalue weighted by Crippen LogP contribution is 2.28. The molecular formula is C21H19N3O3. The Hall–Kier alpha value is -3.41. The summed E-state index contributed by atoms with van der Waals surface area (Å²) >= 11 is 0. The van der Waals surface area contributed by atoms with Crippen LogP contribution in [0.25, 0.3) is 22.6 Å². The van der Waals surface area contributed by atoms with Crippen LogP contribution in [0.15, 0.2) is 57.7 Å². The van der Waals surface area contributed by atoms with Crippen LogP contribution in [-0.2, 0) is 6.54 Å². The Balaban J connectivity index is 1.76. The molecule has 6 nitrogen and oxygen atoms in total. The quantitative estimate of drug-likeness (QED) is 0.540. The van der Waals surface area contributed by atoms with Crippen LogP contribution in [0.1, 0.15) is 27.2 Å². The summed E-state index contributed by atoms with van der Waals surface area (Å²) in [5.41, 5.74) is 4.25. The van der Waals surface area contributed by atoms with E-state index in [-0.39, 0.29) is 5.91 Å². The maximum absolute atomic E-state index is 13.2. The number of carbonyl (C=O) groups excluding carboxylic acids is 1. The molecule has 6 heteroatoms. The van der Waals surface area contributed by atoms with Gasteiger partial charge in [0, 0.05) is 13.6 Å². The minimum atomic E-state index is -0.121. The summed E-state index contributed by atoms with van der Waals surface area (Å²) in [4.78, 5) is 19.4. The molecule has 0 atom stereocenters. The predicted molar refractivity (Wildman–Crippen MR) is 101 cm³/mol. The van der Waals surface area contributed by atoms with Crippen molar-refractivity contribution < 1.29 is 13.7 Å². The number of hydrogen-bond donors (Lipinski definition) is 0. The van der Waals surface area contributed by atoms with Gasteiger partial charge in [0.05, 0.1) is 22.9 Å². The summed E-state index contributed by atoms with van der Waals surface area (Å²) in [5.74, 6) is 0.450. The monoisotopic (exact) mass is 361 g/mol. The van der Waals surface area contributed by atoms with Gasteiger partial charge in [0.15, 0.2) is 5.76 Å². The van der Waals surface area contributed by atoms with E-state index in [4.69, 9.17) is 8.94 Å². The van der Waals surface area contributed by atoms with E-state index in [9.17, 15) is 4.79 Å². The molecule has 4 rings (SSSR count). The zero-order valence-electron chi connectivity index (χ0n) is 15.4. The van der Waals surface area contributed by atoms with Crippen molar-refractivity contribution in [3.05, 3.63) is 71.1 Å². The number of fused-ring (bicyclic) bond motifs is 1. The number of benzene rings is 1. The van der Waals surface area contributed by atoms with Crippen LogP contribution >= 0.6 is 0 Å². The molecular weight excluding hydrogens is 342 g/mol. The number of carbonyl (C=O) groups is 1. The van der Waals surface area contributed by atoms with Gasteiger partial charge in [-0.2, -0.15) is 0 Å². The van der Waals surface area contributed by atoms with E-state index in [0.717, 1.165) is 11.1 Å². The van der Waals surface area contributed by atoms with Crippen molar-refractivity contribution in [1.29, 1.82) is 0 Å². The first-order chi connectivity index (χ1) is 13.0. The second-order valence-electron chi connectivity index (χ2n) is 6.57. The van der Waals surface area contributed by atoms with E-state index >= 15 is 0 Å². The third kappa shape index (κ3) is 3.10. The first-order valence-electron chi connectivity index (χ1n) is 8.65. The number of aromatic nitrogens is 2. The zero-order valence-corrected chi connectivity index (χ0v) is 15.4. The van der Waals surface area contributed by atoms with Crippen molar-refractivity contribution in [3.8, 4) is 11.5 Å². The Morgan fingerprint density at radius 1 is 1.15 bits per heavy atom. The Morgan fingerprint density at radius 2 is 1.96 bits per heavy atom. The summed E-state index contributed by atoms with van der Waals surface area (Å²) in [5, 5.41) is 4.61. The van der Waals surface area contributed by atoms with Crippen molar-refractivity contribution in [2.24, 2.45) is 0 Å². The highest BCUT2D eigenvalue weighted by molar-refractivity contribution is 6.06. The fourth-order valence-electron chi connectivity index (χ4n) is 3.13. The summed E-state index contributed by atoms with van der Waals surface area (Å²) < 4.78 is 10.8. The first-order valence-corrected chi connectivity index (χ1v) is 8.65. The van der Waals surface area contributed by atoms with Crippen LogP contribution in [0.2, 0.25) is 0 Å². The molecule has 0 unspecified atom stereocenters. The molecule has 0 N–H and O–H groups in total. The lowest BCUT2D eigenvalue weighted by Crippen LogP contribution is -2.27. The molecule has 0 saturated heterocycles. The van der Waals surface area contributed by atoms with Gasteiger partial charge >= 0.3 is 0 Å². The first kappa shape index (κ1) is 17.0. The van der Waals surface area contributed by atoms with E-state index in [1.165, 1.54) is 0 Å². The topological polar surface area (TPSA) is 72.4 Å². The number of rotatable bonds is 4. The van der Waals surface area contributed by atoms with Crippen LogP contribution in [0.5, 0.6) is 0 Å². The molecule has 4 aromatic rings. The summed E-state index contributed by atoms with van der Waals surface area (Å²) in [6, 6.07) is 13.3. The van der Waals surface area contributed by atoms with Gasteiger partial charge in [0.1, 0.15) is 5.69 Å². The molecule has 0 aliphatic heterocycles. The van der Waals surface area contributed by atoms with Crippen molar-refractivity contribution in [2.75, 3.05) is 7.05 Å². The molecule has 0 aliphatic carbocycles. The molecule has 1 aromatic carbocycles. The lowest BCUT2D eigenvalue weighted by atomic mass is 10.1. The maximum atomic E-state index is 13.2. The fourth-order valence-corrected chi connectivity index (χ4v) is 3.13. The molecule has 136 valence electrons. The minimum absolute atomic E-state index is 0.121. The van der Waals surface area contributed by atoms with Crippen molar-refractivity contribution in [1.82, 2.24) is 15.0 Å². The zero-order chi connectivity index (χ0) is 19.0. The molecule has 0 spiro atoms. The Morgan fingerprint density at radius 3 is 2.70 bits per heavy atom. The van der Waals surface area contributed by atoms with Crippen LogP contribution in [0, 0.1) is 13.8 Å². The molecule has 3 aromatic heterocycles. The van der Waals surface area contributed by atoms with Gasteiger partial charge in [0.2, 0.25) is 0 Å². The van der Waals surface area contributed by atoms with E-state index in [2.05, 4.69) is 10.1 Å². The summed E-state index contributed by atoms with van der Waals surface area (Å²) in [6.45, 7) is 4.35. The third-order valence-electron chi connectivity index (χ3n) is 4.64. The van der Waals surface area contributed by atoms with Gasteiger partial charge in [-0.1, -0.05) is 29.4 Å². The average Bonchev–Trinajstić information content (AvgIpc) is 3.33. The molecule has 0 radical (unpaired) electrons. The van der Waals surface area contributed by atoms with Gasteiger partial charge in [0.25, 0.3) is 11.6 Å². The summed E-state index contributed by atoms with van der Waals surface area (Å²) in [6.07, 6.45) is 1.57. The maximum Gasteiger partial charge on any atom is 0.259 e. The van der Waals surface area contributed by atoms with E-state index in [0.29, 0.717) is 40.4 Å². The number of furan rings is 1. The van der Waals surface area contributed by atoms with Gasteiger partial charge in [-0.15, -0.1) is 0 Å². The molecule has 3 heterocycles. The number of pyridine rings is 1. The van der Waals surface area contributed by atoms with Gasteiger partial charge in [-0.25, -0.2) is 4.98 Å². The lowest BCUT2D eigenvalue weighted by Gasteiger charge is -2.19. The predicted octanol–water partition coefficient (Wildman–Crippen LogP) is 4.37. The molecule has 0 fully saturated rings. The number of amides is 1. The van der Waals surface area contributed by atoms with Crippen LogP contribution in [0.4, 0.5) is 0 Å². The average molecular weight is 361 g/mol. The Labute approximate surface area is 156 Å². The van der Waals surface area contributed by atoms with E-state index in [1.54, 1.807) is 43.3 Å². The van der Waals surface area contributed by atoms with E-state index < -0.39 is 0 Å². The number of aryl methyl sites for hydroxylation is 2. The fraction of sp³-hybridized carbons (Fsp3) is 0.190. The smallest absolute Gasteiger partial charge is 0.259 e. The second kappa shape index (κ2) is 6.72. The number of hydrogen-bond acceptors (Lipinski definition) is 5. The molecule has 1 amide bonds. The Bertz CT molecular complexity index is 1110. The van der Waals surface area contributed by atoms with Crippen LogP contribution in [-0.4, -0.2) is 28.0 Å². The SMILES string of the molecule is Cc1ccccc1CN(C)C(=O)c1cc(-c2ccco2)nc2onc(C)c12. The second-order valence-corrected chi connectivity index (χ2v) is 6.57. The van der Waals surface area contributed by atoms with Gasteiger partial charge in [-0.05, 0) is 43.2 Å². The van der Waals surface area contributed by atoms with Gasteiger partial charge < -0.3 is 13.8 Å². The summed E-state index contributed by atoms with van der Waals surface area (Å²) in [7, 11) is 1.79. The van der Waals surface area contributed by atoms with Crippen LogP contribution in [0.3, 0.4) is 0 Å². The van der Waals surface area contributed by atoms with Crippen molar-refractivity contribution in [3.63, 3.8) is 0 Å². The van der Waals surface area contributed by atoms with Crippen molar-refractivity contribution >= 4 is 17.0 Å². The lowest BCUT2D eigenvalue weighted by molar-refractivity contribution is 0.0786. The van der Waals surface area contributed by atoms with Crippen molar-refractivity contribution in [2.45, 2.75) is 20.4 Å². The largest absolute Gasteiger partial charge is 0.463 e. The molecule has 0 aliphatic rings. The van der Waals surface area contributed by atoms with Gasteiger partial charge in [-0.3, -0.25) is 4.79 Å². The Kier molecular flexibility index (Phi) is 4.24. The molecule has 0 saturated carbocycles. The molecule has 0 bridgehead atoms. The normalized spacial score (nSPS) is 11.1. The molecule has 27 heavy (non-hydrogen) atoms. The minimum Gasteiger partial charge on any atom is -0.463 e. The third-order valence-corrected chi connectivity index (χ3v) is 4.64. The standard InChI is InChI=1S/C21H19N3O3/c1-13-7-4-5-8-15(13)12-24(3)21(25)16-11-17(18-9-6-10-26-18)22-20-19(16)14(2)23-27-20/h4-11H,12H2,1-3H3. The highest BCUT2D eigenvalue weighted by atomic mass is 16.5.